The number of hydrogen-bond acceptors (Lipinski definition) is 0. The maximum atomic E-state index is 3.70. The normalized spacial score (nSPS) is 41.3. The average Bonchev–Trinajstić information content (AvgIpc) is 2.91. The number of benzene rings is 2. The van der Waals surface area contributed by atoms with Crippen LogP contribution in [0.2, 0.25) is 0 Å². The molecule has 0 nitrogen and oxygen atoms in total. The van der Waals surface area contributed by atoms with Gasteiger partial charge in [0.1, 0.15) is 0 Å². The first kappa shape index (κ1) is 14.1. The maximum absolute atomic E-state index is 3.70. The van der Waals surface area contributed by atoms with E-state index in [9.17, 15) is 0 Å². The Balaban J connectivity index is 1.38. The van der Waals surface area contributed by atoms with Gasteiger partial charge in [0.25, 0.3) is 0 Å². The van der Waals surface area contributed by atoms with Gasteiger partial charge in [-0.05, 0) is 89.9 Å². The van der Waals surface area contributed by atoms with Crippen molar-refractivity contribution in [1.29, 1.82) is 0 Å². The van der Waals surface area contributed by atoms with Gasteiger partial charge in [-0.1, -0.05) is 58.4 Å². The zero-order valence-corrected chi connectivity index (χ0v) is 15.6. The highest BCUT2D eigenvalue weighted by Gasteiger charge is 2.70. The Hall–Kier alpha value is -1.08. The quantitative estimate of drug-likeness (QED) is 0.553. The molecule has 2 aromatic carbocycles. The van der Waals surface area contributed by atoms with Crippen molar-refractivity contribution in [2.24, 2.45) is 23.2 Å². The Bertz CT molecular complexity index is 818. The lowest BCUT2D eigenvalue weighted by atomic mass is 9.55. The maximum Gasteiger partial charge on any atom is 0.0253 e. The topological polar surface area (TPSA) is 0 Å². The van der Waals surface area contributed by atoms with Crippen LogP contribution in [0.15, 0.2) is 53.0 Å². The predicted molar refractivity (Wildman–Crippen MR) is 102 cm³/mol. The molecule has 2 aromatic rings. The monoisotopic (exact) mass is 378 g/mol. The van der Waals surface area contributed by atoms with E-state index in [0.717, 1.165) is 23.2 Å². The van der Waals surface area contributed by atoms with Crippen molar-refractivity contribution >= 4 is 15.9 Å². The summed E-state index contributed by atoms with van der Waals surface area (Å²) in [6, 6.07) is 18.2. The molecule has 5 unspecified atom stereocenters. The Morgan fingerprint density at radius 1 is 0.833 bits per heavy atom. The van der Waals surface area contributed by atoms with Gasteiger partial charge in [0.2, 0.25) is 0 Å². The summed E-state index contributed by atoms with van der Waals surface area (Å²) in [6.07, 6.45) is 9.12. The average molecular weight is 379 g/mol. The third kappa shape index (κ3) is 1.65. The molecular formula is C23H23Br. The van der Waals surface area contributed by atoms with Crippen molar-refractivity contribution in [3.63, 3.8) is 0 Å². The second-order valence-electron chi connectivity index (χ2n) is 9.09. The molecule has 1 heteroatoms. The molecule has 1 spiro atoms. The van der Waals surface area contributed by atoms with E-state index in [1.165, 1.54) is 34.9 Å². The van der Waals surface area contributed by atoms with Gasteiger partial charge in [-0.25, -0.2) is 0 Å². The molecule has 0 radical (unpaired) electrons. The van der Waals surface area contributed by atoms with Gasteiger partial charge in [0.05, 0.1) is 0 Å². The van der Waals surface area contributed by atoms with Crippen molar-refractivity contribution in [3.05, 3.63) is 58.6 Å². The van der Waals surface area contributed by atoms with E-state index >= 15 is 0 Å². The second-order valence-corrected chi connectivity index (χ2v) is 9.95. The number of fused-ring (bicyclic) bond motifs is 2. The van der Waals surface area contributed by atoms with Gasteiger partial charge in [0, 0.05) is 4.47 Å². The summed E-state index contributed by atoms with van der Waals surface area (Å²) in [7, 11) is 0. The molecule has 6 rings (SSSR count). The van der Waals surface area contributed by atoms with Gasteiger partial charge in [-0.2, -0.15) is 0 Å². The minimum absolute atomic E-state index is 0.519. The zero-order chi connectivity index (χ0) is 15.9. The van der Waals surface area contributed by atoms with Crippen molar-refractivity contribution in [2.75, 3.05) is 0 Å². The number of hydrogen-bond donors (Lipinski definition) is 0. The van der Waals surface area contributed by atoms with Crippen molar-refractivity contribution < 1.29 is 0 Å². The van der Waals surface area contributed by atoms with E-state index in [2.05, 4.69) is 64.5 Å². The third-order valence-corrected chi connectivity index (χ3v) is 8.84. The van der Waals surface area contributed by atoms with Crippen LogP contribution in [0.1, 0.15) is 44.1 Å². The molecule has 4 saturated carbocycles. The summed E-state index contributed by atoms with van der Waals surface area (Å²) in [4.78, 5) is 0. The predicted octanol–water partition coefficient (Wildman–Crippen LogP) is 6.58. The van der Waals surface area contributed by atoms with Crippen molar-refractivity contribution in [3.8, 4) is 11.1 Å². The first-order chi connectivity index (χ1) is 11.7. The highest BCUT2D eigenvalue weighted by Crippen LogP contribution is 2.78. The van der Waals surface area contributed by atoms with E-state index in [-0.39, 0.29) is 0 Å². The van der Waals surface area contributed by atoms with Gasteiger partial charge in [-0.15, -0.1) is 0 Å². The molecule has 0 amide bonds. The Labute approximate surface area is 152 Å². The molecule has 5 atom stereocenters. The fourth-order valence-electron chi connectivity index (χ4n) is 7.39. The van der Waals surface area contributed by atoms with E-state index in [0.29, 0.717) is 5.41 Å². The van der Waals surface area contributed by atoms with E-state index in [4.69, 9.17) is 0 Å². The zero-order valence-electron chi connectivity index (χ0n) is 14.0. The highest BCUT2D eigenvalue weighted by atomic mass is 79.9. The molecule has 0 saturated heterocycles. The van der Waals surface area contributed by atoms with Crippen molar-refractivity contribution in [2.45, 2.75) is 43.9 Å². The lowest BCUT2D eigenvalue weighted by Crippen LogP contribution is -2.42. The van der Waals surface area contributed by atoms with Gasteiger partial charge < -0.3 is 0 Å². The van der Waals surface area contributed by atoms with Crippen LogP contribution in [0, 0.1) is 23.2 Å². The third-order valence-electron chi connectivity index (χ3n) is 8.15. The summed E-state index contributed by atoms with van der Waals surface area (Å²) >= 11 is 3.70. The van der Waals surface area contributed by atoms with Gasteiger partial charge >= 0.3 is 0 Å². The molecule has 4 aliphatic rings. The molecule has 0 heterocycles. The van der Waals surface area contributed by atoms with Gasteiger partial charge in [0.15, 0.2) is 0 Å². The van der Waals surface area contributed by atoms with Crippen LogP contribution in [0.4, 0.5) is 0 Å². The van der Waals surface area contributed by atoms with E-state index in [1.807, 2.05) is 0 Å². The molecule has 0 N–H and O–H groups in total. The van der Waals surface area contributed by atoms with Crippen LogP contribution in [0.3, 0.4) is 0 Å². The largest absolute Gasteiger partial charge is 0.0616 e. The van der Waals surface area contributed by atoms with Crippen molar-refractivity contribution in [1.82, 2.24) is 0 Å². The van der Waals surface area contributed by atoms with Crippen LogP contribution in [-0.4, -0.2) is 0 Å². The van der Waals surface area contributed by atoms with Crippen LogP contribution in [0.5, 0.6) is 0 Å². The summed E-state index contributed by atoms with van der Waals surface area (Å²) in [5.41, 5.74) is 5.57. The molecule has 122 valence electrons. The Kier molecular flexibility index (Phi) is 2.68. The Morgan fingerprint density at radius 2 is 1.67 bits per heavy atom. The second kappa shape index (κ2) is 4.55. The minimum atomic E-state index is 0.519. The van der Waals surface area contributed by atoms with Gasteiger partial charge in [-0.3, -0.25) is 0 Å². The van der Waals surface area contributed by atoms with Crippen LogP contribution < -0.4 is 0 Å². The SMILES string of the molecule is Brc1ccccc1-c1ccc(C23CC4CC5CC(C2)C5(C4)C3)cc1. The van der Waals surface area contributed by atoms with Crippen LogP contribution in [-0.2, 0) is 5.41 Å². The molecule has 4 aliphatic carbocycles. The lowest BCUT2D eigenvalue weighted by Gasteiger charge is -2.49. The highest BCUT2D eigenvalue weighted by molar-refractivity contribution is 9.10. The Morgan fingerprint density at radius 3 is 2.50 bits per heavy atom. The first-order valence-electron chi connectivity index (χ1n) is 9.54. The fourth-order valence-corrected chi connectivity index (χ4v) is 7.91. The number of halogens is 1. The van der Waals surface area contributed by atoms with E-state index < -0.39 is 0 Å². The molecule has 4 fully saturated rings. The molecule has 0 aromatic heterocycles. The lowest BCUT2D eigenvalue weighted by molar-refractivity contribution is -0.000160. The number of rotatable bonds is 2. The molecular weight excluding hydrogens is 356 g/mol. The molecule has 0 aliphatic heterocycles. The molecule has 3 bridgehead atoms. The standard InChI is InChI=1S/C23H23Br/c24-21-4-2-1-3-20(21)16-5-7-17(8-6-16)22-11-15-9-18-10-19(13-22)23(18,12-15)14-22/h1-8,15,18-19H,9-14H2. The summed E-state index contributed by atoms with van der Waals surface area (Å²) in [6.45, 7) is 0. The van der Waals surface area contributed by atoms with Crippen LogP contribution in [0.25, 0.3) is 11.1 Å². The van der Waals surface area contributed by atoms with E-state index in [1.54, 1.807) is 24.8 Å². The summed E-state index contributed by atoms with van der Waals surface area (Å²) < 4.78 is 1.19. The smallest absolute Gasteiger partial charge is 0.0253 e. The van der Waals surface area contributed by atoms with Crippen LogP contribution >= 0.6 is 15.9 Å². The summed E-state index contributed by atoms with van der Waals surface area (Å²) in [5, 5.41) is 0. The summed E-state index contributed by atoms with van der Waals surface area (Å²) in [5.74, 6) is 3.17. The minimum Gasteiger partial charge on any atom is -0.0616 e. The fraction of sp³-hybridized carbons (Fsp3) is 0.478. The molecule has 24 heavy (non-hydrogen) atoms. The first-order valence-corrected chi connectivity index (χ1v) is 10.3.